The molecule has 0 aromatic heterocycles. The average molecular weight is 852 g/mol. The van der Waals surface area contributed by atoms with Gasteiger partial charge in [-0.25, -0.2) is 4.57 Å². The largest absolute Gasteiger partial charge is 0.472 e. The van der Waals surface area contributed by atoms with E-state index in [1.807, 2.05) is 27.2 Å². The maximum atomic E-state index is 12.8. The van der Waals surface area contributed by atoms with Gasteiger partial charge in [-0.15, -0.1) is 0 Å². The van der Waals surface area contributed by atoms with Crippen molar-refractivity contribution in [3.8, 4) is 0 Å². The molecule has 9 heteroatoms. The molecule has 0 fully saturated rings. The van der Waals surface area contributed by atoms with Crippen LogP contribution in [0.25, 0.3) is 0 Å². The number of quaternary nitrogens is 1. The Kier molecular flexibility index (Phi) is 40.7. The highest BCUT2D eigenvalue weighted by atomic mass is 31.2. The predicted molar refractivity (Wildman–Crippen MR) is 254 cm³/mol. The molecule has 0 heterocycles. The fourth-order valence-corrected chi connectivity index (χ4v) is 7.61. The van der Waals surface area contributed by atoms with Gasteiger partial charge in [0.05, 0.1) is 39.9 Å². The number of hydrogen-bond acceptors (Lipinski definition) is 5. The Hall–Kier alpha value is -1.54. The van der Waals surface area contributed by atoms with Gasteiger partial charge in [-0.1, -0.05) is 197 Å². The fourth-order valence-electron chi connectivity index (χ4n) is 6.87. The summed E-state index contributed by atoms with van der Waals surface area (Å²) in [6.07, 6.45) is 53.8. The van der Waals surface area contributed by atoms with Crippen molar-refractivity contribution in [2.75, 3.05) is 40.9 Å². The molecule has 3 unspecified atom stereocenters. The number of phosphoric ester groups is 1. The van der Waals surface area contributed by atoms with E-state index in [1.165, 1.54) is 135 Å². The molecule has 0 saturated heterocycles. The lowest BCUT2D eigenvalue weighted by atomic mass is 10.0. The molecule has 0 aliphatic rings. The van der Waals surface area contributed by atoms with Crippen LogP contribution in [0.5, 0.6) is 0 Å². The van der Waals surface area contributed by atoms with Crippen molar-refractivity contribution in [1.82, 2.24) is 5.32 Å². The van der Waals surface area contributed by atoms with Gasteiger partial charge in [0, 0.05) is 6.42 Å². The van der Waals surface area contributed by atoms with Gasteiger partial charge in [-0.3, -0.25) is 13.8 Å². The summed E-state index contributed by atoms with van der Waals surface area (Å²) in [6.45, 7) is 4.72. The van der Waals surface area contributed by atoms with E-state index in [0.717, 1.165) is 57.8 Å². The molecule has 0 aliphatic heterocycles. The molecule has 1 amide bonds. The molecule has 0 radical (unpaired) electrons. The second-order valence-corrected chi connectivity index (χ2v) is 19.3. The smallest absolute Gasteiger partial charge is 0.387 e. The summed E-state index contributed by atoms with van der Waals surface area (Å²) in [5, 5.41) is 13.7. The van der Waals surface area contributed by atoms with Crippen LogP contribution in [0, 0.1) is 0 Å². The average Bonchev–Trinajstić information content (AvgIpc) is 3.19. The molecule has 8 nitrogen and oxygen atoms in total. The number of nitrogens with zero attached hydrogens (tertiary/aromatic N) is 1. The van der Waals surface area contributed by atoms with Gasteiger partial charge in [0.2, 0.25) is 5.91 Å². The number of allylic oxidation sites excluding steroid dienone is 7. The van der Waals surface area contributed by atoms with E-state index in [2.05, 4.69) is 55.6 Å². The lowest BCUT2D eigenvalue weighted by Gasteiger charge is -2.25. The van der Waals surface area contributed by atoms with Gasteiger partial charge in [-0.05, 0) is 57.8 Å². The van der Waals surface area contributed by atoms with Gasteiger partial charge in [0.25, 0.3) is 0 Å². The van der Waals surface area contributed by atoms with E-state index in [1.54, 1.807) is 6.08 Å². The van der Waals surface area contributed by atoms with Crippen LogP contribution < -0.4 is 5.32 Å². The molecule has 0 aliphatic carbocycles. The highest BCUT2D eigenvalue weighted by molar-refractivity contribution is 7.47. The van der Waals surface area contributed by atoms with E-state index in [4.69, 9.17) is 9.05 Å². The first-order valence-corrected chi connectivity index (χ1v) is 26.0. The minimum absolute atomic E-state index is 0.0604. The van der Waals surface area contributed by atoms with E-state index < -0.39 is 20.0 Å². The summed E-state index contributed by atoms with van der Waals surface area (Å²) >= 11 is 0. The second-order valence-electron chi connectivity index (χ2n) is 17.8. The third kappa shape index (κ3) is 44.3. The van der Waals surface area contributed by atoms with Crippen LogP contribution >= 0.6 is 7.82 Å². The standard InChI is InChI=1S/C50H95N2O6P/c1-6-8-10-12-14-15-16-17-18-19-20-21-22-23-24-25-26-27-28-29-30-31-32-33-34-35-36-37-38-40-42-44-50(54)51-48(49(53)43-41-39-13-11-9-7-2)47-58-59(55,56)57-46-45-52(3,4)5/h16-17,19-20,22-23,41,43,48-49,53H,6-15,18,21,24-40,42,44-47H2,1-5H3,(H-,51,54,55,56)/p+1/b17-16-,20-19-,23-22-,43-41+. The number of rotatable bonds is 44. The van der Waals surface area contributed by atoms with Crippen LogP contribution in [0.2, 0.25) is 0 Å². The highest BCUT2D eigenvalue weighted by Gasteiger charge is 2.27. The molecule has 0 aromatic carbocycles. The van der Waals surface area contributed by atoms with E-state index >= 15 is 0 Å². The Morgan fingerprint density at radius 3 is 1.42 bits per heavy atom. The number of phosphoric acid groups is 1. The van der Waals surface area contributed by atoms with Crippen molar-refractivity contribution in [3.63, 3.8) is 0 Å². The maximum absolute atomic E-state index is 12.8. The number of likely N-dealkylation sites (N-methyl/N-ethyl adjacent to an activating group) is 1. The Morgan fingerprint density at radius 1 is 0.576 bits per heavy atom. The minimum atomic E-state index is -4.33. The molecule has 0 rings (SSSR count). The predicted octanol–water partition coefficient (Wildman–Crippen LogP) is 14.0. The molecule has 0 bridgehead atoms. The van der Waals surface area contributed by atoms with E-state index in [9.17, 15) is 19.4 Å². The van der Waals surface area contributed by atoms with Crippen LogP contribution in [0.1, 0.15) is 213 Å². The van der Waals surface area contributed by atoms with Gasteiger partial charge in [-0.2, -0.15) is 0 Å². The van der Waals surface area contributed by atoms with Crippen molar-refractivity contribution in [1.29, 1.82) is 0 Å². The van der Waals surface area contributed by atoms with Crippen molar-refractivity contribution in [3.05, 3.63) is 48.6 Å². The van der Waals surface area contributed by atoms with Gasteiger partial charge in [0.1, 0.15) is 13.2 Å². The number of aliphatic hydroxyl groups is 1. The normalized spacial score (nSPS) is 14.6. The molecule has 346 valence electrons. The lowest BCUT2D eigenvalue weighted by Crippen LogP contribution is -2.45. The molecule has 0 saturated carbocycles. The monoisotopic (exact) mass is 852 g/mol. The van der Waals surface area contributed by atoms with Crippen molar-refractivity contribution in [2.24, 2.45) is 0 Å². The Bertz CT molecular complexity index is 1100. The molecule has 3 N–H and O–H groups in total. The van der Waals surface area contributed by atoms with Crippen molar-refractivity contribution in [2.45, 2.75) is 225 Å². The first kappa shape index (κ1) is 57.5. The first-order valence-electron chi connectivity index (χ1n) is 24.5. The number of unbranched alkanes of at least 4 members (excludes halogenated alkanes) is 25. The Balaban J connectivity index is 3.91. The van der Waals surface area contributed by atoms with Gasteiger partial charge >= 0.3 is 7.82 Å². The SMILES string of the molecule is CCCCCC/C=C/C(O)C(COP(=O)(O)OCC[N+](C)(C)C)NC(=O)CCCCCCCCCCCCCCCCCC/C=C\C/C=C\C/C=C\CCCCCCC. The number of hydrogen-bond donors (Lipinski definition) is 3. The van der Waals surface area contributed by atoms with Crippen molar-refractivity contribution < 1.29 is 32.9 Å². The number of aliphatic hydroxyl groups excluding tert-OH is 1. The maximum Gasteiger partial charge on any atom is 0.472 e. The summed E-state index contributed by atoms with van der Waals surface area (Å²) in [7, 11) is 1.57. The third-order valence-electron chi connectivity index (χ3n) is 10.8. The van der Waals surface area contributed by atoms with Crippen LogP contribution in [-0.4, -0.2) is 73.4 Å². The summed E-state index contributed by atoms with van der Waals surface area (Å²) < 4.78 is 23.4. The minimum Gasteiger partial charge on any atom is -0.387 e. The molecule has 0 spiro atoms. The zero-order chi connectivity index (χ0) is 43.6. The van der Waals surface area contributed by atoms with Crippen LogP contribution in [0.3, 0.4) is 0 Å². The van der Waals surface area contributed by atoms with Crippen molar-refractivity contribution >= 4 is 13.7 Å². The number of amides is 1. The molecule has 3 atom stereocenters. The number of carbonyl (C=O) groups excluding carboxylic acids is 1. The molecule has 59 heavy (non-hydrogen) atoms. The summed E-state index contributed by atoms with van der Waals surface area (Å²) in [6, 6.07) is -0.842. The summed E-state index contributed by atoms with van der Waals surface area (Å²) in [5.74, 6) is -0.183. The topological polar surface area (TPSA) is 105 Å². The molecular formula is C50H96N2O6P+. The third-order valence-corrected chi connectivity index (χ3v) is 11.8. The van der Waals surface area contributed by atoms with Gasteiger partial charge in [0.15, 0.2) is 0 Å². The van der Waals surface area contributed by atoms with Crippen LogP contribution in [0.15, 0.2) is 48.6 Å². The van der Waals surface area contributed by atoms with E-state index in [-0.39, 0.29) is 19.1 Å². The lowest BCUT2D eigenvalue weighted by molar-refractivity contribution is -0.870. The summed E-state index contributed by atoms with van der Waals surface area (Å²) in [4.78, 5) is 23.0. The van der Waals surface area contributed by atoms with Crippen LogP contribution in [0.4, 0.5) is 0 Å². The zero-order valence-electron chi connectivity index (χ0n) is 39.2. The second kappa shape index (κ2) is 41.8. The molecule has 0 aromatic rings. The fraction of sp³-hybridized carbons (Fsp3) is 0.820. The Morgan fingerprint density at radius 2 is 0.966 bits per heavy atom. The summed E-state index contributed by atoms with van der Waals surface area (Å²) in [5.41, 5.74) is 0. The number of carbonyl (C=O) groups is 1. The Labute approximate surface area is 365 Å². The molecular weight excluding hydrogens is 756 g/mol. The highest BCUT2D eigenvalue weighted by Crippen LogP contribution is 2.43. The zero-order valence-corrected chi connectivity index (χ0v) is 40.1. The van der Waals surface area contributed by atoms with Gasteiger partial charge < -0.3 is 19.8 Å². The van der Waals surface area contributed by atoms with E-state index in [0.29, 0.717) is 17.4 Å². The quantitative estimate of drug-likeness (QED) is 0.0244. The van der Waals surface area contributed by atoms with Crippen LogP contribution in [-0.2, 0) is 18.4 Å². The first-order chi connectivity index (χ1) is 28.5. The number of nitrogens with one attached hydrogen (secondary N) is 1.